The Morgan fingerprint density at radius 1 is 1.11 bits per heavy atom. The van der Waals surface area contributed by atoms with Gasteiger partial charge in [-0.15, -0.1) is 0 Å². The van der Waals surface area contributed by atoms with Crippen LogP contribution in [-0.4, -0.2) is 32.4 Å². The number of thioether (sulfide) groups is 1. The lowest BCUT2D eigenvalue weighted by atomic mass is 10.0. The standard InChI is InChI=1S/C19H18F3NO4S/c1-26-17(24)13-8-4-5-10-23(16(13)18(25)27-2)15-12(11-28-3)7-6-9-14(15)19(20,21)22/h4-10H,11H2,1-3H3. The largest absolute Gasteiger partial charge is 0.465 e. The molecule has 0 radical (unpaired) electrons. The number of esters is 2. The fourth-order valence-electron chi connectivity index (χ4n) is 2.71. The second-order valence-electron chi connectivity index (χ2n) is 5.56. The molecule has 1 aromatic rings. The summed E-state index contributed by atoms with van der Waals surface area (Å²) >= 11 is 1.33. The predicted molar refractivity (Wildman–Crippen MR) is 100 cm³/mol. The van der Waals surface area contributed by atoms with Crippen LogP contribution < -0.4 is 4.90 Å². The van der Waals surface area contributed by atoms with Crippen LogP contribution >= 0.6 is 11.8 Å². The zero-order valence-corrected chi connectivity index (χ0v) is 16.2. The van der Waals surface area contributed by atoms with E-state index in [9.17, 15) is 22.8 Å². The number of nitrogens with zero attached hydrogens (tertiary/aromatic N) is 1. The van der Waals surface area contributed by atoms with Crippen molar-refractivity contribution >= 4 is 29.4 Å². The molecule has 0 fully saturated rings. The molecule has 0 amide bonds. The molecule has 2 rings (SSSR count). The average molecular weight is 413 g/mol. The van der Waals surface area contributed by atoms with Gasteiger partial charge in [0.2, 0.25) is 0 Å². The zero-order valence-electron chi connectivity index (χ0n) is 15.4. The molecule has 28 heavy (non-hydrogen) atoms. The maximum absolute atomic E-state index is 13.8. The summed E-state index contributed by atoms with van der Waals surface area (Å²) in [5.41, 5.74) is -1.41. The summed E-state index contributed by atoms with van der Waals surface area (Å²) in [7, 11) is 2.20. The number of hydrogen-bond acceptors (Lipinski definition) is 6. The highest BCUT2D eigenvalue weighted by Crippen LogP contribution is 2.42. The van der Waals surface area contributed by atoms with Crippen molar-refractivity contribution in [3.8, 4) is 0 Å². The van der Waals surface area contributed by atoms with Crippen molar-refractivity contribution in [2.45, 2.75) is 11.9 Å². The molecule has 1 heterocycles. The Balaban J connectivity index is 2.87. The Kier molecular flexibility index (Phi) is 6.95. The maximum atomic E-state index is 13.8. The summed E-state index contributed by atoms with van der Waals surface area (Å²) in [6, 6.07) is 3.78. The Hall–Kier alpha value is -2.68. The van der Waals surface area contributed by atoms with Gasteiger partial charge in [0, 0.05) is 12.0 Å². The number of benzene rings is 1. The Morgan fingerprint density at radius 2 is 1.79 bits per heavy atom. The molecule has 1 aliphatic heterocycles. The van der Waals surface area contributed by atoms with Gasteiger partial charge in [-0.25, -0.2) is 9.59 Å². The van der Waals surface area contributed by atoms with Crippen molar-refractivity contribution < 1.29 is 32.2 Å². The van der Waals surface area contributed by atoms with Gasteiger partial charge in [-0.3, -0.25) is 0 Å². The van der Waals surface area contributed by atoms with Crippen molar-refractivity contribution in [3.05, 3.63) is 65.0 Å². The van der Waals surface area contributed by atoms with Crippen LogP contribution in [0.25, 0.3) is 0 Å². The van der Waals surface area contributed by atoms with E-state index < -0.39 is 23.7 Å². The number of anilines is 1. The van der Waals surface area contributed by atoms with Crippen molar-refractivity contribution in [1.29, 1.82) is 0 Å². The van der Waals surface area contributed by atoms with Gasteiger partial charge in [0.05, 0.1) is 31.0 Å². The second kappa shape index (κ2) is 9.01. The first-order chi connectivity index (χ1) is 13.3. The van der Waals surface area contributed by atoms with Crippen LogP contribution in [0.5, 0.6) is 0 Å². The van der Waals surface area contributed by atoms with Crippen LogP contribution in [0.1, 0.15) is 11.1 Å². The Bertz CT molecular complexity index is 859. The minimum atomic E-state index is -4.68. The van der Waals surface area contributed by atoms with E-state index in [1.807, 2.05) is 0 Å². The number of carbonyl (C=O) groups excluding carboxylic acids is 2. The highest BCUT2D eigenvalue weighted by Gasteiger charge is 2.38. The third kappa shape index (κ3) is 4.41. The molecular formula is C19H18F3NO4S. The first-order valence-electron chi connectivity index (χ1n) is 7.99. The van der Waals surface area contributed by atoms with Crippen LogP contribution in [0.4, 0.5) is 18.9 Å². The Labute approximate surface area is 164 Å². The molecule has 0 aliphatic carbocycles. The van der Waals surface area contributed by atoms with E-state index >= 15 is 0 Å². The van der Waals surface area contributed by atoms with Crippen LogP contribution in [-0.2, 0) is 31.0 Å². The van der Waals surface area contributed by atoms with Crippen LogP contribution in [0, 0.1) is 0 Å². The first-order valence-corrected chi connectivity index (χ1v) is 9.38. The molecule has 0 bridgehead atoms. The van der Waals surface area contributed by atoms with Gasteiger partial charge in [-0.2, -0.15) is 24.9 Å². The highest BCUT2D eigenvalue weighted by molar-refractivity contribution is 7.97. The number of alkyl halides is 3. The minimum Gasteiger partial charge on any atom is -0.465 e. The number of halogens is 3. The lowest BCUT2D eigenvalue weighted by Crippen LogP contribution is -2.29. The number of carbonyl (C=O) groups is 2. The third-order valence-electron chi connectivity index (χ3n) is 3.85. The normalized spacial score (nSPS) is 14.1. The summed E-state index contributed by atoms with van der Waals surface area (Å²) in [4.78, 5) is 25.7. The number of hydrogen-bond donors (Lipinski definition) is 0. The number of rotatable bonds is 5. The maximum Gasteiger partial charge on any atom is 0.418 e. The van der Waals surface area contributed by atoms with Crippen LogP contribution in [0.15, 0.2) is 53.9 Å². The summed E-state index contributed by atoms with van der Waals surface area (Å²) in [5, 5.41) is 0. The van der Waals surface area contributed by atoms with Crippen LogP contribution in [0.3, 0.4) is 0 Å². The SMILES string of the molecule is COC(=O)C1=C(C(=O)OC)N(c2c(CSC)cccc2C(F)(F)F)C=CC=C1. The molecule has 0 spiro atoms. The Morgan fingerprint density at radius 3 is 2.36 bits per heavy atom. The van der Waals surface area contributed by atoms with E-state index in [-0.39, 0.29) is 22.7 Å². The van der Waals surface area contributed by atoms with Crippen molar-refractivity contribution in [1.82, 2.24) is 0 Å². The molecule has 0 unspecified atom stereocenters. The molecule has 9 heteroatoms. The molecule has 0 saturated carbocycles. The van der Waals surface area contributed by atoms with Gasteiger partial charge in [0.1, 0.15) is 5.70 Å². The molecule has 150 valence electrons. The number of allylic oxidation sites excluding steroid dienone is 2. The summed E-state index contributed by atoms with van der Waals surface area (Å²) in [6.07, 6.45) is 2.51. The van der Waals surface area contributed by atoms with Gasteiger partial charge in [0.15, 0.2) is 0 Å². The van der Waals surface area contributed by atoms with Crippen molar-refractivity contribution in [2.24, 2.45) is 0 Å². The molecule has 0 aromatic heterocycles. The van der Waals surface area contributed by atoms with Crippen LogP contribution in [0.2, 0.25) is 0 Å². The molecule has 1 aromatic carbocycles. The highest BCUT2D eigenvalue weighted by atomic mass is 32.2. The van der Waals surface area contributed by atoms with Crippen molar-refractivity contribution in [2.75, 3.05) is 25.4 Å². The second-order valence-corrected chi connectivity index (χ2v) is 6.43. The average Bonchev–Trinajstić information content (AvgIpc) is 2.89. The van der Waals surface area contributed by atoms with E-state index in [1.54, 1.807) is 12.3 Å². The van der Waals surface area contributed by atoms with Gasteiger partial charge in [0.25, 0.3) is 0 Å². The topological polar surface area (TPSA) is 55.8 Å². The number of methoxy groups -OCH3 is 2. The summed E-state index contributed by atoms with van der Waals surface area (Å²) < 4.78 is 50.7. The van der Waals surface area contributed by atoms with Gasteiger partial charge >= 0.3 is 18.1 Å². The lowest BCUT2D eigenvalue weighted by molar-refractivity contribution is -0.139. The monoisotopic (exact) mass is 413 g/mol. The van der Waals surface area contributed by atoms with E-state index in [1.165, 1.54) is 42.3 Å². The first kappa shape index (κ1) is 21.6. The summed E-state index contributed by atoms with van der Waals surface area (Å²) in [5.74, 6) is -1.58. The fourth-order valence-corrected chi connectivity index (χ4v) is 3.26. The van der Waals surface area contributed by atoms with Gasteiger partial charge in [-0.1, -0.05) is 18.2 Å². The number of ether oxygens (including phenoxy) is 2. The molecular weight excluding hydrogens is 395 g/mol. The molecule has 0 atom stereocenters. The molecule has 0 saturated heterocycles. The lowest BCUT2D eigenvalue weighted by Gasteiger charge is -2.28. The molecule has 5 nitrogen and oxygen atoms in total. The number of para-hydroxylation sites is 1. The third-order valence-corrected chi connectivity index (χ3v) is 4.45. The van der Waals surface area contributed by atoms with E-state index in [2.05, 4.69) is 0 Å². The van der Waals surface area contributed by atoms with Crippen molar-refractivity contribution in [3.63, 3.8) is 0 Å². The predicted octanol–water partition coefficient (Wildman–Crippen LogP) is 4.06. The van der Waals surface area contributed by atoms with E-state index in [4.69, 9.17) is 9.47 Å². The summed E-state index contributed by atoms with van der Waals surface area (Å²) in [6.45, 7) is 0. The van der Waals surface area contributed by atoms with Gasteiger partial charge < -0.3 is 14.4 Å². The fraction of sp³-hybridized carbons (Fsp3) is 0.263. The van der Waals surface area contributed by atoms with E-state index in [0.717, 1.165) is 25.2 Å². The quantitative estimate of drug-likeness (QED) is 0.679. The minimum absolute atomic E-state index is 0.216. The molecule has 1 aliphatic rings. The molecule has 0 N–H and O–H groups in total. The van der Waals surface area contributed by atoms with Gasteiger partial charge in [-0.05, 0) is 30.0 Å². The zero-order chi connectivity index (χ0) is 20.9. The van der Waals surface area contributed by atoms with E-state index in [0.29, 0.717) is 5.56 Å². The smallest absolute Gasteiger partial charge is 0.418 e.